The van der Waals surface area contributed by atoms with Gasteiger partial charge in [-0.25, -0.2) is 9.97 Å². The minimum Gasteiger partial charge on any atom is -0.228 e. The molecule has 1 aromatic heterocycles. The highest BCUT2D eigenvalue weighted by Crippen LogP contribution is 2.50. The van der Waals surface area contributed by atoms with Crippen molar-refractivity contribution in [2.75, 3.05) is 0 Å². The van der Waals surface area contributed by atoms with Gasteiger partial charge in [-0.3, -0.25) is 0 Å². The summed E-state index contributed by atoms with van der Waals surface area (Å²) in [7, 11) is 0. The van der Waals surface area contributed by atoms with Crippen LogP contribution in [-0.4, -0.2) is 9.97 Å². The van der Waals surface area contributed by atoms with Gasteiger partial charge in [0, 0.05) is 27.7 Å². The van der Waals surface area contributed by atoms with Crippen LogP contribution in [0.4, 0.5) is 0 Å². The van der Waals surface area contributed by atoms with Gasteiger partial charge in [-0.05, 0) is 46.0 Å². The Kier molecular flexibility index (Phi) is 5.84. The molecular weight excluding hydrogens is 498 g/mol. The maximum atomic E-state index is 9.75. The number of hydrogen-bond donors (Lipinski definition) is 0. The lowest BCUT2D eigenvalue weighted by Crippen LogP contribution is -2.15. The second kappa shape index (κ2) is 9.70. The lowest BCUT2D eigenvalue weighted by Gasteiger charge is -2.22. The SMILES string of the molecule is CC1(C)c2cc(-c3ccc(-c4cc(-c5ccccc5)nc(-c5ccccc5)n4)cc3)ccc2-c2c(C#N)cccc21. The fourth-order valence-electron chi connectivity index (χ4n) is 5.96. The highest BCUT2D eigenvalue weighted by atomic mass is 14.9. The van der Waals surface area contributed by atoms with Gasteiger partial charge in [0.15, 0.2) is 5.82 Å². The first kappa shape index (κ1) is 24.7. The summed E-state index contributed by atoms with van der Waals surface area (Å²) in [5, 5.41) is 9.75. The van der Waals surface area contributed by atoms with Gasteiger partial charge in [-0.2, -0.15) is 5.26 Å². The highest BCUT2D eigenvalue weighted by Gasteiger charge is 2.36. The second-order valence-electron chi connectivity index (χ2n) is 11.0. The molecule has 0 unspecified atom stereocenters. The molecule has 3 nitrogen and oxygen atoms in total. The number of hydrogen-bond acceptors (Lipinski definition) is 3. The minimum absolute atomic E-state index is 0.171. The summed E-state index contributed by atoms with van der Waals surface area (Å²) >= 11 is 0. The number of nitrogens with zero attached hydrogens (tertiary/aromatic N) is 3. The van der Waals surface area contributed by atoms with Crippen LogP contribution in [0.25, 0.3) is 56.2 Å². The molecule has 5 aromatic carbocycles. The van der Waals surface area contributed by atoms with E-state index in [2.05, 4.69) is 86.6 Å². The molecule has 0 fully saturated rings. The summed E-state index contributed by atoms with van der Waals surface area (Å²) < 4.78 is 0. The molecule has 0 radical (unpaired) electrons. The predicted octanol–water partition coefficient (Wildman–Crippen LogP) is 9.32. The van der Waals surface area contributed by atoms with Gasteiger partial charge < -0.3 is 0 Å². The third kappa shape index (κ3) is 4.22. The Labute approximate surface area is 240 Å². The Balaban J connectivity index is 1.28. The average Bonchev–Trinajstić information content (AvgIpc) is 3.27. The molecule has 3 heteroatoms. The molecule has 1 aliphatic carbocycles. The Hall–Kier alpha value is -5.33. The quantitative estimate of drug-likeness (QED) is 0.230. The molecule has 0 saturated heterocycles. The standard InChI is InChI=1S/C38H27N3/c1-38(2)32-15-9-14-30(24-39)36(32)31-21-20-29(22-33(31)38)25-16-18-27(19-17-25)35-23-34(26-10-5-3-6-11-26)40-37(41-35)28-12-7-4-8-13-28/h3-23H,1-2H3. The van der Waals surface area contributed by atoms with Crippen molar-refractivity contribution in [2.24, 2.45) is 0 Å². The number of rotatable bonds is 4. The Morgan fingerprint density at radius 2 is 1.12 bits per heavy atom. The van der Waals surface area contributed by atoms with Crippen LogP contribution in [0.1, 0.15) is 30.5 Å². The largest absolute Gasteiger partial charge is 0.228 e. The van der Waals surface area contributed by atoms with E-state index < -0.39 is 0 Å². The van der Waals surface area contributed by atoms with E-state index in [0.717, 1.165) is 55.9 Å². The van der Waals surface area contributed by atoms with Gasteiger partial charge >= 0.3 is 0 Å². The molecule has 0 spiro atoms. The maximum Gasteiger partial charge on any atom is 0.160 e. The number of benzene rings is 5. The van der Waals surface area contributed by atoms with Crippen molar-refractivity contribution in [3.8, 4) is 62.2 Å². The summed E-state index contributed by atoms with van der Waals surface area (Å²) in [5.41, 5.74) is 12.4. The number of aromatic nitrogens is 2. The van der Waals surface area contributed by atoms with Gasteiger partial charge in [0.05, 0.1) is 23.0 Å². The van der Waals surface area contributed by atoms with Gasteiger partial charge in [-0.15, -0.1) is 0 Å². The van der Waals surface area contributed by atoms with Crippen molar-refractivity contribution >= 4 is 0 Å². The smallest absolute Gasteiger partial charge is 0.160 e. The Bertz CT molecular complexity index is 1890. The van der Waals surface area contributed by atoms with Crippen LogP contribution in [-0.2, 0) is 5.41 Å². The molecular formula is C38H27N3. The van der Waals surface area contributed by atoms with E-state index in [9.17, 15) is 5.26 Å². The summed E-state index contributed by atoms with van der Waals surface area (Å²) in [5.74, 6) is 0.711. The normalized spacial score (nSPS) is 12.8. The van der Waals surface area contributed by atoms with E-state index in [-0.39, 0.29) is 5.41 Å². The molecule has 0 atom stereocenters. The topological polar surface area (TPSA) is 49.6 Å². The fourth-order valence-corrected chi connectivity index (χ4v) is 5.96. The zero-order valence-electron chi connectivity index (χ0n) is 23.0. The monoisotopic (exact) mass is 525 g/mol. The molecule has 1 aliphatic rings. The van der Waals surface area contributed by atoms with Crippen LogP contribution in [0, 0.1) is 11.3 Å². The molecule has 41 heavy (non-hydrogen) atoms. The third-order valence-corrected chi connectivity index (χ3v) is 8.16. The number of nitriles is 1. The summed E-state index contributed by atoms with van der Waals surface area (Å²) in [6.07, 6.45) is 0. The molecule has 0 saturated carbocycles. The molecule has 0 amide bonds. The van der Waals surface area contributed by atoms with Gasteiger partial charge in [0.2, 0.25) is 0 Å². The van der Waals surface area contributed by atoms with Crippen LogP contribution in [0.5, 0.6) is 0 Å². The second-order valence-corrected chi connectivity index (χ2v) is 11.0. The summed E-state index contributed by atoms with van der Waals surface area (Å²) in [6, 6.07) is 46.1. The molecule has 194 valence electrons. The van der Waals surface area contributed by atoms with Crippen molar-refractivity contribution in [3.63, 3.8) is 0 Å². The third-order valence-electron chi connectivity index (χ3n) is 8.16. The fraction of sp³-hybridized carbons (Fsp3) is 0.0789. The van der Waals surface area contributed by atoms with Gasteiger partial charge in [0.25, 0.3) is 0 Å². The molecule has 7 rings (SSSR count). The van der Waals surface area contributed by atoms with Crippen LogP contribution < -0.4 is 0 Å². The Morgan fingerprint density at radius 1 is 0.537 bits per heavy atom. The van der Waals surface area contributed by atoms with Crippen molar-refractivity contribution in [1.82, 2.24) is 9.97 Å². The minimum atomic E-state index is -0.171. The van der Waals surface area contributed by atoms with E-state index in [0.29, 0.717) is 5.82 Å². The van der Waals surface area contributed by atoms with E-state index in [1.54, 1.807) is 0 Å². The van der Waals surface area contributed by atoms with Crippen LogP contribution >= 0.6 is 0 Å². The first-order valence-electron chi connectivity index (χ1n) is 13.8. The maximum absolute atomic E-state index is 9.75. The first-order chi connectivity index (χ1) is 20.0. The molecule has 1 heterocycles. The van der Waals surface area contributed by atoms with E-state index in [1.807, 2.05) is 60.7 Å². The van der Waals surface area contributed by atoms with E-state index >= 15 is 0 Å². The van der Waals surface area contributed by atoms with Crippen molar-refractivity contribution in [2.45, 2.75) is 19.3 Å². The van der Waals surface area contributed by atoms with Gasteiger partial charge in [0.1, 0.15) is 0 Å². The van der Waals surface area contributed by atoms with Crippen molar-refractivity contribution in [3.05, 3.63) is 144 Å². The van der Waals surface area contributed by atoms with Crippen molar-refractivity contribution < 1.29 is 0 Å². The summed E-state index contributed by atoms with van der Waals surface area (Å²) in [6.45, 7) is 4.49. The van der Waals surface area contributed by atoms with Crippen LogP contribution in [0.15, 0.2) is 127 Å². The van der Waals surface area contributed by atoms with E-state index in [4.69, 9.17) is 9.97 Å². The molecule has 0 bridgehead atoms. The predicted molar refractivity (Wildman–Crippen MR) is 166 cm³/mol. The van der Waals surface area contributed by atoms with Crippen LogP contribution in [0.2, 0.25) is 0 Å². The van der Waals surface area contributed by atoms with Crippen LogP contribution in [0.3, 0.4) is 0 Å². The van der Waals surface area contributed by atoms with Gasteiger partial charge in [-0.1, -0.05) is 123 Å². The Morgan fingerprint density at radius 3 is 1.78 bits per heavy atom. The average molecular weight is 526 g/mol. The number of fused-ring (bicyclic) bond motifs is 3. The highest BCUT2D eigenvalue weighted by molar-refractivity contribution is 5.87. The van der Waals surface area contributed by atoms with Crippen molar-refractivity contribution in [1.29, 1.82) is 5.26 Å². The zero-order valence-corrected chi connectivity index (χ0v) is 23.0. The molecule has 0 aliphatic heterocycles. The molecule has 6 aromatic rings. The lowest BCUT2D eigenvalue weighted by molar-refractivity contribution is 0.660. The lowest BCUT2D eigenvalue weighted by atomic mass is 9.81. The first-order valence-corrected chi connectivity index (χ1v) is 13.8. The van der Waals surface area contributed by atoms with E-state index in [1.165, 1.54) is 11.1 Å². The summed E-state index contributed by atoms with van der Waals surface area (Å²) in [4.78, 5) is 9.88. The zero-order chi connectivity index (χ0) is 28.0. The molecule has 0 N–H and O–H groups in total.